The molecule has 2 rings (SSSR count). The summed E-state index contributed by atoms with van der Waals surface area (Å²) in [5.41, 5.74) is -0.595. The molecule has 0 aromatic heterocycles. The van der Waals surface area contributed by atoms with Gasteiger partial charge < -0.3 is 20.3 Å². The molecular formula is C16H25NO4. The predicted octanol–water partition coefficient (Wildman–Crippen LogP) is 1.19. The van der Waals surface area contributed by atoms with Gasteiger partial charge >= 0.3 is 0 Å². The first-order chi connectivity index (χ1) is 9.79. The zero-order chi connectivity index (χ0) is 15.9. The van der Waals surface area contributed by atoms with E-state index in [9.17, 15) is 15.0 Å². The van der Waals surface area contributed by atoms with E-state index >= 15 is 0 Å². The SMILES string of the molecule is CC(C)(C)OC=O.O[C@H]1CNCC[C@]1(O)c1ccccc1. The van der Waals surface area contributed by atoms with Crippen LogP contribution in [0.25, 0.3) is 0 Å². The summed E-state index contributed by atoms with van der Waals surface area (Å²) in [5.74, 6) is 0. The third kappa shape index (κ3) is 5.46. The van der Waals surface area contributed by atoms with Crippen molar-refractivity contribution in [3.05, 3.63) is 35.9 Å². The molecular weight excluding hydrogens is 270 g/mol. The lowest BCUT2D eigenvalue weighted by molar-refractivity contribution is -0.138. The minimum atomic E-state index is -1.08. The van der Waals surface area contributed by atoms with Gasteiger partial charge in [0.25, 0.3) is 6.47 Å². The Morgan fingerprint density at radius 1 is 1.33 bits per heavy atom. The lowest BCUT2D eigenvalue weighted by Crippen LogP contribution is -2.51. The standard InChI is InChI=1S/C11H15NO2.C5H10O2/c13-10-8-12-7-6-11(10,14)9-4-2-1-3-5-9;1-5(2,3)7-4-6/h1-5,10,12-14H,6-8H2;4H,1-3H3/t10-,11-;/m0./s1. The molecule has 118 valence electrons. The van der Waals surface area contributed by atoms with Gasteiger partial charge in [-0.05, 0) is 39.3 Å². The molecule has 3 N–H and O–H groups in total. The normalized spacial score (nSPS) is 25.5. The van der Waals surface area contributed by atoms with Gasteiger partial charge in [0.1, 0.15) is 11.2 Å². The highest BCUT2D eigenvalue weighted by Crippen LogP contribution is 2.30. The number of aliphatic hydroxyl groups is 2. The summed E-state index contributed by atoms with van der Waals surface area (Å²) in [6.45, 7) is 7.11. The number of rotatable bonds is 2. The Kier molecular flexibility index (Phi) is 6.33. The van der Waals surface area contributed by atoms with Crippen LogP contribution in [0.2, 0.25) is 0 Å². The lowest BCUT2D eigenvalue weighted by atomic mass is 9.83. The molecule has 2 atom stereocenters. The van der Waals surface area contributed by atoms with Crippen LogP contribution in [0, 0.1) is 0 Å². The van der Waals surface area contributed by atoms with Gasteiger partial charge in [-0.3, -0.25) is 4.79 Å². The molecule has 0 bridgehead atoms. The first-order valence-electron chi connectivity index (χ1n) is 7.08. The maximum atomic E-state index is 10.3. The Bertz CT molecular complexity index is 430. The highest BCUT2D eigenvalue weighted by Gasteiger charge is 2.39. The monoisotopic (exact) mass is 295 g/mol. The van der Waals surface area contributed by atoms with Crippen LogP contribution in [0.5, 0.6) is 0 Å². The fourth-order valence-electron chi connectivity index (χ4n) is 2.06. The quantitative estimate of drug-likeness (QED) is 0.714. The van der Waals surface area contributed by atoms with E-state index in [-0.39, 0.29) is 5.60 Å². The Balaban J connectivity index is 0.000000270. The Labute approximate surface area is 125 Å². The van der Waals surface area contributed by atoms with E-state index in [0.29, 0.717) is 19.4 Å². The van der Waals surface area contributed by atoms with Crippen LogP contribution in [0.15, 0.2) is 30.3 Å². The van der Waals surface area contributed by atoms with Crippen molar-refractivity contribution < 1.29 is 19.7 Å². The smallest absolute Gasteiger partial charge is 0.293 e. The van der Waals surface area contributed by atoms with Crippen LogP contribution in [0.1, 0.15) is 32.8 Å². The van der Waals surface area contributed by atoms with Gasteiger partial charge in [0.15, 0.2) is 0 Å². The Morgan fingerprint density at radius 2 is 1.95 bits per heavy atom. The molecule has 1 saturated heterocycles. The summed E-state index contributed by atoms with van der Waals surface area (Å²) in [4.78, 5) is 9.60. The fraction of sp³-hybridized carbons (Fsp3) is 0.562. The number of ether oxygens (including phenoxy) is 1. The van der Waals surface area contributed by atoms with E-state index in [1.807, 2.05) is 51.1 Å². The minimum absolute atomic E-state index is 0.318. The van der Waals surface area contributed by atoms with Crippen molar-refractivity contribution in [2.24, 2.45) is 0 Å². The maximum absolute atomic E-state index is 10.3. The Morgan fingerprint density at radius 3 is 2.38 bits per heavy atom. The van der Waals surface area contributed by atoms with Gasteiger partial charge in [0.2, 0.25) is 0 Å². The van der Waals surface area contributed by atoms with Crippen molar-refractivity contribution >= 4 is 6.47 Å². The molecule has 1 heterocycles. The molecule has 1 aliphatic heterocycles. The number of aliphatic hydroxyl groups excluding tert-OH is 1. The fourth-order valence-corrected chi connectivity index (χ4v) is 2.06. The number of β-amino-alcohol motifs (C(OH)–C–C–N with tert-alkyl or cyclic N) is 1. The van der Waals surface area contributed by atoms with Crippen molar-refractivity contribution in [1.82, 2.24) is 5.32 Å². The van der Waals surface area contributed by atoms with Crippen molar-refractivity contribution in [1.29, 1.82) is 0 Å². The van der Waals surface area contributed by atoms with Gasteiger partial charge in [-0.15, -0.1) is 0 Å². The molecule has 0 spiro atoms. The van der Waals surface area contributed by atoms with Crippen LogP contribution >= 0.6 is 0 Å². The number of hydrogen-bond donors (Lipinski definition) is 3. The Hall–Kier alpha value is -1.43. The zero-order valence-corrected chi connectivity index (χ0v) is 12.9. The summed E-state index contributed by atoms with van der Waals surface area (Å²) in [5, 5.41) is 23.1. The number of nitrogens with one attached hydrogen (secondary N) is 1. The lowest BCUT2D eigenvalue weighted by Gasteiger charge is -2.37. The second-order valence-corrected chi connectivity index (χ2v) is 6.09. The largest absolute Gasteiger partial charge is 0.462 e. The van der Waals surface area contributed by atoms with E-state index in [1.165, 1.54) is 0 Å². The molecule has 1 fully saturated rings. The molecule has 0 unspecified atom stereocenters. The van der Waals surface area contributed by atoms with Crippen molar-refractivity contribution in [3.63, 3.8) is 0 Å². The molecule has 1 aromatic carbocycles. The van der Waals surface area contributed by atoms with Gasteiger partial charge in [-0.2, -0.15) is 0 Å². The van der Waals surface area contributed by atoms with Gasteiger partial charge in [-0.1, -0.05) is 30.3 Å². The third-order valence-corrected chi connectivity index (χ3v) is 3.25. The number of carbonyl (C=O) groups is 1. The molecule has 0 amide bonds. The zero-order valence-electron chi connectivity index (χ0n) is 12.9. The first kappa shape index (κ1) is 17.6. The van der Waals surface area contributed by atoms with E-state index in [0.717, 1.165) is 12.1 Å². The topological polar surface area (TPSA) is 78.8 Å². The highest BCUT2D eigenvalue weighted by atomic mass is 16.5. The van der Waals surface area contributed by atoms with Crippen LogP contribution < -0.4 is 5.32 Å². The number of benzene rings is 1. The molecule has 1 aliphatic rings. The van der Waals surface area contributed by atoms with Crippen LogP contribution in [-0.2, 0) is 15.1 Å². The van der Waals surface area contributed by atoms with E-state index in [4.69, 9.17) is 0 Å². The van der Waals surface area contributed by atoms with Crippen molar-refractivity contribution in [2.75, 3.05) is 13.1 Å². The number of piperidine rings is 1. The summed E-state index contributed by atoms with van der Waals surface area (Å²) >= 11 is 0. The second-order valence-electron chi connectivity index (χ2n) is 6.09. The third-order valence-electron chi connectivity index (χ3n) is 3.25. The van der Waals surface area contributed by atoms with E-state index in [1.54, 1.807) is 0 Å². The summed E-state index contributed by atoms with van der Waals surface area (Å²) in [7, 11) is 0. The molecule has 0 aliphatic carbocycles. The molecule has 0 radical (unpaired) electrons. The van der Waals surface area contributed by atoms with Crippen LogP contribution in [-0.4, -0.2) is 41.5 Å². The summed E-state index contributed by atoms with van der Waals surface area (Å²) in [6, 6.07) is 9.37. The molecule has 5 nitrogen and oxygen atoms in total. The van der Waals surface area contributed by atoms with Crippen LogP contribution in [0.4, 0.5) is 0 Å². The van der Waals surface area contributed by atoms with Gasteiger partial charge in [-0.25, -0.2) is 0 Å². The average molecular weight is 295 g/mol. The van der Waals surface area contributed by atoms with Crippen LogP contribution in [0.3, 0.4) is 0 Å². The number of hydrogen-bond acceptors (Lipinski definition) is 5. The minimum Gasteiger partial charge on any atom is -0.462 e. The summed E-state index contributed by atoms with van der Waals surface area (Å²) < 4.78 is 4.55. The van der Waals surface area contributed by atoms with Crippen molar-refractivity contribution in [3.8, 4) is 0 Å². The van der Waals surface area contributed by atoms with E-state index in [2.05, 4.69) is 10.1 Å². The summed E-state index contributed by atoms with van der Waals surface area (Å²) in [6.07, 6.45) is -0.170. The highest BCUT2D eigenvalue weighted by molar-refractivity contribution is 5.37. The molecule has 5 heteroatoms. The van der Waals surface area contributed by atoms with E-state index < -0.39 is 11.7 Å². The second kappa shape index (κ2) is 7.54. The predicted molar refractivity (Wildman–Crippen MR) is 80.7 cm³/mol. The van der Waals surface area contributed by atoms with Gasteiger partial charge in [0.05, 0.1) is 6.10 Å². The first-order valence-corrected chi connectivity index (χ1v) is 7.08. The molecule has 21 heavy (non-hydrogen) atoms. The molecule has 0 saturated carbocycles. The van der Waals surface area contributed by atoms with Gasteiger partial charge in [0, 0.05) is 6.54 Å². The van der Waals surface area contributed by atoms with Crippen molar-refractivity contribution in [2.45, 2.75) is 44.5 Å². The number of carbonyl (C=O) groups excluding carboxylic acids is 1. The average Bonchev–Trinajstić information content (AvgIpc) is 2.43. The maximum Gasteiger partial charge on any atom is 0.293 e. The molecule has 1 aromatic rings.